The molecular weight excluding hydrogens is 535 g/mol. The molecule has 0 atom stereocenters. The van der Waals surface area contributed by atoms with Crippen molar-refractivity contribution in [2.75, 3.05) is 0 Å². The van der Waals surface area contributed by atoms with Gasteiger partial charge >= 0.3 is 0 Å². The Morgan fingerprint density at radius 3 is 2.51 bits per heavy atom. The van der Waals surface area contributed by atoms with Crippen molar-refractivity contribution in [3.8, 4) is 28.4 Å². The Labute approximate surface area is 234 Å². The molecule has 0 saturated carbocycles. The lowest BCUT2D eigenvalue weighted by Gasteiger charge is -2.11. The molecule has 0 aliphatic heterocycles. The molecule has 3 aromatic carbocycles. The molecular formula is C29H24Cl2N6O2. The molecule has 6 aromatic rings. The minimum atomic E-state index is 0.115. The number of halogens is 2. The molecule has 1 N–H and O–H groups in total. The predicted molar refractivity (Wildman–Crippen MR) is 151 cm³/mol. The highest BCUT2D eigenvalue weighted by Gasteiger charge is 2.24. The Morgan fingerprint density at radius 1 is 1.00 bits per heavy atom. The van der Waals surface area contributed by atoms with Crippen molar-refractivity contribution < 1.29 is 9.26 Å². The second-order valence-corrected chi connectivity index (χ2v) is 10.3. The van der Waals surface area contributed by atoms with Gasteiger partial charge in [0.15, 0.2) is 0 Å². The van der Waals surface area contributed by atoms with Gasteiger partial charge in [-0.3, -0.25) is 0 Å². The van der Waals surface area contributed by atoms with E-state index < -0.39 is 0 Å². The van der Waals surface area contributed by atoms with Gasteiger partial charge in [-0.05, 0) is 47.2 Å². The average molecular weight is 559 g/mol. The number of ether oxygens (including phenoxy) is 1. The lowest BCUT2D eigenvalue weighted by Crippen LogP contribution is -2.01. The average Bonchev–Trinajstić information content (AvgIpc) is 3.69. The molecule has 0 fully saturated rings. The molecule has 0 radical (unpaired) electrons. The fraction of sp³-hybridized carbons (Fsp3) is 0.172. The van der Waals surface area contributed by atoms with Crippen LogP contribution >= 0.6 is 23.2 Å². The van der Waals surface area contributed by atoms with Crippen molar-refractivity contribution in [2.24, 2.45) is 0 Å². The summed E-state index contributed by atoms with van der Waals surface area (Å²) >= 11 is 13.0. The van der Waals surface area contributed by atoms with Gasteiger partial charge in [0.05, 0.1) is 15.6 Å². The molecule has 39 heavy (non-hydrogen) atoms. The van der Waals surface area contributed by atoms with E-state index in [0.29, 0.717) is 27.1 Å². The summed E-state index contributed by atoms with van der Waals surface area (Å²) in [5.74, 6) is 2.19. The highest BCUT2D eigenvalue weighted by Crippen LogP contribution is 2.39. The summed E-state index contributed by atoms with van der Waals surface area (Å²) < 4.78 is 14.2. The van der Waals surface area contributed by atoms with Crippen LogP contribution in [0.3, 0.4) is 0 Å². The first-order valence-electron chi connectivity index (χ1n) is 12.4. The fourth-order valence-electron chi connectivity index (χ4n) is 4.64. The van der Waals surface area contributed by atoms with Crippen LogP contribution in [0.4, 0.5) is 0 Å². The van der Waals surface area contributed by atoms with Gasteiger partial charge in [-0.2, -0.15) is 5.21 Å². The van der Waals surface area contributed by atoms with E-state index in [9.17, 15) is 0 Å². The summed E-state index contributed by atoms with van der Waals surface area (Å²) in [6.45, 7) is 5.11. The van der Waals surface area contributed by atoms with Gasteiger partial charge < -0.3 is 13.8 Å². The second-order valence-electron chi connectivity index (χ2n) is 9.51. The van der Waals surface area contributed by atoms with Crippen molar-refractivity contribution >= 4 is 34.1 Å². The van der Waals surface area contributed by atoms with E-state index in [4.69, 9.17) is 32.5 Å². The normalized spacial score (nSPS) is 11.5. The van der Waals surface area contributed by atoms with Crippen LogP contribution in [0, 0.1) is 0 Å². The maximum atomic E-state index is 6.48. The predicted octanol–water partition coefficient (Wildman–Crippen LogP) is 7.53. The van der Waals surface area contributed by atoms with Crippen LogP contribution < -0.4 is 4.74 Å². The van der Waals surface area contributed by atoms with E-state index in [0.717, 1.165) is 40.1 Å². The zero-order valence-corrected chi connectivity index (χ0v) is 22.7. The maximum absolute atomic E-state index is 6.48. The standard InChI is InChI=1S/C29H24Cl2N6O2/c1-17(2)28-22(27(34-39-28)26-23(30)4-3-5-24(26)31)16-38-21-10-11-25-20(14-21)12-13-37(25)15-18-6-8-19(9-7-18)29-32-35-36-33-29/h3-14,17H,15-16H2,1-2H3,(H,32,33,35,36). The molecule has 6 rings (SSSR count). The number of fused-ring (bicyclic) bond motifs is 1. The first kappa shape index (κ1) is 25.2. The van der Waals surface area contributed by atoms with Crippen LogP contribution in [0.15, 0.2) is 77.4 Å². The van der Waals surface area contributed by atoms with E-state index in [1.807, 2.05) is 24.3 Å². The van der Waals surface area contributed by atoms with E-state index in [1.165, 1.54) is 5.56 Å². The summed E-state index contributed by atoms with van der Waals surface area (Å²) in [4.78, 5) is 0. The highest BCUT2D eigenvalue weighted by atomic mass is 35.5. The Bertz CT molecular complexity index is 1720. The van der Waals surface area contributed by atoms with Crippen LogP contribution in [0.5, 0.6) is 5.75 Å². The lowest BCUT2D eigenvalue weighted by molar-refractivity contribution is 0.299. The number of aromatic amines is 1. The molecule has 0 spiro atoms. The number of nitrogens with one attached hydrogen (secondary N) is 1. The number of rotatable bonds is 8. The number of nitrogens with zero attached hydrogens (tertiary/aromatic N) is 5. The van der Waals surface area contributed by atoms with Gasteiger partial charge in [-0.25, -0.2) is 0 Å². The Morgan fingerprint density at radius 2 is 1.79 bits per heavy atom. The first-order valence-corrected chi connectivity index (χ1v) is 13.2. The minimum Gasteiger partial charge on any atom is -0.489 e. The summed E-state index contributed by atoms with van der Waals surface area (Å²) in [7, 11) is 0. The van der Waals surface area contributed by atoms with Crippen LogP contribution in [0.25, 0.3) is 33.5 Å². The molecule has 0 aliphatic carbocycles. The van der Waals surface area contributed by atoms with Crippen LogP contribution in [0.1, 0.15) is 36.7 Å². The lowest BCUT2D eigenvalue weighted by atomic mass is 10.0. The minimum absolute atomic E-state index is 0.115. The van der Waals surface area contributed by atoms with Crippen molar-refractivity contribution in [2.45, 2.75) is 32.9 Å². The van der Waals surface area contributed by atoms with Gasteiger partial charge in [0, 0.05) is 40.7 Å². The third-order valence-electron chi connectivity index (χ3n) is 6.58. The van der Waals surface area contributed by atoms with Gasteiger partial charge in [0.1, 0.15) is 23.8 Å². The zero-order valence-electron chi connectivity index (χ0n) is 21.2. The summed E-state index contributed by atoms with van der Waals surface area (Å²) in [6.07, 6.45) is 2.08. The van der Waals surface area contributed by atoms with Gasteiger partial charge in [0.25, 0.3) is 0 Å². The molecule has 0 saturated heterocycles. The van der Waals surface area contributed by atoms with Crippen molar-refractivity contribution in [3.05, 3.63) is 99.9 Å². The third kappa shape index (κ3) is 5.01. The van der Waals surface area contributed by atoms with E-state index in [2.05, 4.69) is 74.7 Å². The largest absolute Gasteiger partial charge is 0.489 e. The molecule has 0 aliphatic rings. The number of tetrazole rings is 1. The van der Waals surface area contributed by atoms with E-state index in [1.54, 1.807) is 18.2 Å². The molecule has 196 valence electrons. The van der Waals surface area contributed by atoms with Crippen molar-refractivity contribution in [3.63, 3.8) is 0 Å². The molecule has 0 amide bonds. The smallest absolute Gasteiger partial charge is 0.204 e. The number of H-pyrrole nitrogens is 1. The molecule has 0 bridgehead atoms. The number of benzene rings is 3. The quantitative estimate of drug-likeness (QED) is 0.207. The number of hydrogen-bond acceptors (Lipinski definition) is 6. The SMILES string of the molecule is CC(C)c1onc(-c2c(Cl)cccc2Cl)c1COc1ccc2c(ccn2Cc2ccc(-c3nn[nH]n3)cc2)c1. The van der Waals surface area contributed by atoms with Gasteiger partial charge in [-0.1, -0.05) is 72.5 Å². The van der Waals surface area contributed by atoms with Gasteiger partial charge in [0.2, 0.25) is 5.82 Å². The van der Waals surface area contributed by atoms with Crippen LogP contribution in [-0.4, -0.2) is 30.3 Å². The highest BCUT2D eigenvalue weighted by molar-refractivity contribution is 6.39. The number of hydrogen-bond donors (Lipinski definition) is 1. The summed E-state index contributed by atoms with van der Waals surface area (Å²) in [5, 5.41) is 20.6. The van der Waals surface area contributed by atoms with E-state index in [-0.39, 0.29) is 12.5 Å². The van der Waals surface area contributed by atoms with Gasteiger partial charge in [-0.15, -0.1) is 10.2 Å². The van der Waals surface area contributed by atoms with Crippen LogP contribution in [0.2, 0.25) is 10.0 Å². The van der Waals surface area contributed by atoms with E-state index >= 15 is 0 Å². The molecule has 8 nitrogen and oxygen atoms in total. The molecule has 0 unspecified atom stereocenters. The maximum Gasteiger partial charge on any atom is 0.204 e. The monoisotopic (exact) mass is 558 g/mol. The second kappa shape index (κ2) is 10.6. The molecule has 3 heterocycles. The molecule has 10 heteroatoms. The van der Waals surface area contributed by atoms with Crippen molar-refractivity contribution in [1.82, 2.24) is 30.3 Å². The fourth-order valence-corrected chi connectivity index (χ4v) is 5.21. The number of aromatic nitrogens is 6. The topological polar surface area (TPSA) is 94.6 Å². The van der Waals surface area contributed by atoms with Crippen molar-refractivity contribution in [1.29, 1.82) is 0 Å². The zero-order chi connectivity index (χ0) is 26.9. The summed E-state index contributed by atoms with van der Waals surface area (Å²) in [5.41, 5.74) is 5.28. The molecule has 3 aromatic heterocycles. The summed E-state index contributed by atoms with van der Waals surface area (Å²) in [6, 6.07) is 21.7. The Hall–Kier alpha value is -4.14. The first-order chi connectivity index (χ1) is 19.0. The Balaban J connectivity index is 1.22. The Kier molecular flexibility index (Phi) is 6.81. The van der Waals surface area contributed by atoms with Crippen LogP contribution in [-0.2, 0) is 13.2 Å². The third-order valence-corrected chi connectivity index (χ3v) is 7.21.